The number of nitrogens with one attached hydrogen (secondary N) is 1. The van der Waals surface area contributed by atoms with Gasteiger partial charge in [0.05, 0.1) is 17.1 Å². The highest BCUT2D eigenvalue weighted by atomic mass is 35.5. The second-order valence-electron chi connectivity index (χ2n) is 9.90. The van der Waals surface area contributed by atoms with Crippen LogP contribution in [0.3, 0.4) is 0 Å². The molecule has 0 aliphatic heterocycles. The molecule has 1 atom stereocenters. The van der Waals surface area contributed by atoms with Gasteiger partial charge in [-0.1, -0.05) is 37.1 Å². The number of rotatable bonds is 9. The van der Waals surface area contributed by atoms with Gasteiger partial charge in [-0.3, -0.25) is 9.78 Å². The fourth-order valence-corrected chi connectivity index (χ4v) is 4.61. The van der Waals surface area contributed by atoms with Gasteiger partial charge in [0.25, 0.3) is 5.91 Å². The predicted octanol–water partition coefficient (Wildman–Crippen LogP) is 5.98. The third-order valence-electron chi connectivity index (χ3n) is 7.02. The van der Waals surface area contributed by atoms with Crippen molar-refractivity contribution in [3.8, 4) is 5.69 Å². The molecule has 2 heterocycles. The van der Waals surface area contributed by atoms with Crippen LogP contribution in [-0.4, -0.2) is 25.8 Å². The molecule has 1 unspecified atom stereocenters. The first kappa shape index (κ1) is 30.2. The number of hydrogen-bond donors (Lipinski definition) is 3. The van der Waals surface area contributed by atoms with Crippen molar-refractivity contribution >= 4 is 24.0 Å². The van der Waals surface area contributed by atoms with Crippen molar-refractivity contribution in [1.29, 1.82) is 0 Å². The number of aromatic nitrogens is 3. The number of carbonyl (C=O) groups excluding carboxylic acids is 1. The Morgan fingerprint density at radius 1 is 1.05 bits per heavy atom. The highest BCUT2D eigenvalue weighted by Crippen LogP contribution is 2.41. The summed E-state index contributed by atoms with van der Waals surface area (Å²) in [5, 5.41) is 17.8. The van der Waals surface area contributed by atoms with Crippen LogP contribution in [0.5, 0.6) is 0 Å². The van der Waals surface area contributed by atoms with Gasteiger partial charge in [0.15, 0.2) is 5.69 Å². The Bertz CT molecular complexity index is 1530. The lowest BCUT2D eigenvalue weighted by Gasteiger charge is -2.29. The number of hydrogen-bond acceptors (Lipinski definition) is 5. The molecule has 1 saturated carbocycles. The fourth-order valence-electron chi connectivity index (χ4n) is 4.61. The summed E-state index contributed by atoms with van der Waals surface area (Å²) >= 11 is 0. The van der Waals surface area contributed by atoms with Crippen molar-refractivity contribution in [3.05, 3.63) is 107 Å². The molecule has 0 bridgehead atoms. The number of amides is 1. The quantitative estimate of drug-likeness (QED) is 0.208. The molecule has 1 aliphatic carbocycles. The zero-order valence-electron chi connectivity index (χ0n) is 21.7. The van der Waals surface area contributed by atoms with E-state index < -0.39 is 34.9 Å². The van der Waals surface area contributed by atoms with Crippen LogP contribution < -0.4 is 11.1 Å². The largest absolute Gasteiger partial charge is 0.435 e. The molecule has 216 valence electrons. The number of carbonyl (C=O) groups is 1. The number of nitrogens with zero attached hydrogens (tertiary/aromatic N) is 3. The van der Waals surface area contributed by atoms with Gasteiger partial charge in [0.2, 0.25) is 0 Å². The molecule has 7 nitrogen and oxygen atoms in total. The zero-order chi connectivity index (χ0) is 28.5. The van der Waals surface area contributed by atoms with Crippen LogP contribution in [0, 0.1) is 11.7 Å². The van der Waals surface area contributed by atoms with Crippen LogP contribution in [-0.2, 0) is 18.3 Å². The van der Waals surface area contributed by atoms with Crippen LogP contribution in [0.25, 0.3) is 5.69 Å². The Morgan fingerprint density at radius 2 is 1.83 bits per heavy atom. The third kappa shape index (κ3) is 6.58. The Balaban J connectivity index is 0.00000387. The van der Waals surface area contributed by atoms with E-state index in [-0.39, 0.29) is 30.3 Å². The molecule has 41 heavy (non-hydrogen) atoms. The first-order chi connectivity index (χ1) is 19.1. The summed E-state index contributed by atoms with van der Waals surface area (Å²) in [5.41, 5.74) is 3.52. The second kappa shape index (κ2) is 12.0. The molecule has 4 N–H and O–H groups in total. The van der Waals surface area contributed by atoms with Crippen molar-refractivity contribution in [2.24, 2.45) is 11.7 Å². The van der Waals surface area contributed by atoms with Gasteiger partial charge in [-0.2, -0.15) is 18.3 Å². The molecule has 5 rings (SSSR count). The van der Waals surface area contributed by atoms with Crippen LogP contribution in [0.15, 0.2) is 72.9 Å². The Morgan fingerprint density at radius 3 is 2.49 bits per heavy atom. The number of benzene rings is 2. The summed E-state index contributed by atoms with van der Waals surface area (Å²) in [5.74, 6) is -1.35. The van der Waals surface area contributed by atoms with E-state index in [2.05, 4.69) is 15.4 Å². The van der Waals surface area contributed by atoms with E-state index >= 15 is 0 Å². The summed E-state index contributed by atoms with van der Waals surface area (Å²) in [6.07, 6.45) is -0.0731. The van der Waals surface area contributed by atoms with Gasteiger partial charge in [0.1, 0.15) is 17.1 Å². The third-order valence-corrected chi connectivity index (χ3v) is 7.02. The van der Waals surface area contributed by atoms with Crippen LogP contribution in [0.4, 0.5) is 23.2 Å². The average Bonchev–Trinajstić information content (AvgIpc) is 3.67. The van der Waals surface area contributed by atoms with Gasteiger partial charge in [0, 0.05) is 18.8 Å². The monoisotopic (exact) mass is 589 g/mol. The minimum atomic E-state index is -4.82. The molecule has 12 heteroatoms. The first-order valence-corrected chi connectivity index (χ1v) is 12.8. The maximum absolute atomic E-state index is 14.9. The van der Waals surface area contributed by atoms with E-state index in [1.807, 2.05) is 0 Å². The van der Waals surface area contributed by atoms with Crippen LogP contribution in [0.2, 0.25) is 0 Å². The minimum Gasteiger partial charge on any atom is -0.379 e. The number of nitrogens with two attached hydrogens (primary N) is 1. The lowest BCUT2D eigenvalue weighted by molar-refractivity contribution is -0.141. The van der Waals surface area contributed by atoms with E-state index in [1.54, 1.807) is 36.5 Å². The van der Waals surface area contributed by atoms with Crippen molar-refractivity contribution in [1.82, 2.24) is 14.8 Å². The van der Waals surface area contributed by atoms with Gasteiger partial charge in [-0.15, -0.1) is 12.4 Å². The van der Waals surface area contributed by atoms with Gasteiger partial charge in [-0.05, 0) is 66.3 Å². The average molecular weight is 590 g/mol. The van der Waals surface area contributed by atoms with Crippen LogP contribution >= 0.6 is 12.4 Å². The van der Waals surface area contributed by atoms with Crippen molar-refractivity contribution < 1.29 is 27.5 Å². The standard InChI is InChI=1S/C29H27F4N5O2.ClH/c30-22-10-9-20(28(40,12-11-18-7-8-18)25-6-1-2-13-35-25)15-23(22)36-27(39)24-16-26(29(31,32)33)37-38(24)21-5-3-4-19(14-21)17-34;/h1-6,9-10,13-16,18,40H,7-8,11-12,17,34H2,(H,36,39);1H. The Kier molecular flexibility index (Phi) is 8.81. The smallest absolute Gasteiger partial charge is 0.379 e. The highest BCUT2D eigenvalue weighted by molar-refractivity contribution is 6.03. The van der Waals surface area contributed by atoms with E-state index in [0.717, 1.165) is 30.0 Å². The number of alkyl halides is 3. The summed E-state index contributed by atoms with van der Waals surface area (Å²) in [6.45, 7) is 0.126. The lowest BCUT2D eigenvalue weighted by Crippen LogP contribution is -2.29. The maximum atomic E-state index is 14.9. The normalized spacial score (nSPS) is 14.7. The minimum absolute atomic E-state index is 0. The molecular formula is C29H28ClF4N5O2. The Hall–Kier alpha value is -3.80. The first-order valence-electron chi connectivity index (χ1n) is 12.8. The SMILES string of the molecule is Cl.NCc1cccc(-n2nc(C(F)(F)F)cc2C(=O)Nc2cc(C(O)(CCC3CC3)c3ccccn3)ccc2F)c1. The Labute approximate surface area is 239 Å². The van der Waals surface area contributed by atoms with Crippen molar-refractivity contribution in [2.45, 2.75) is 44.0 Å². The molecule has 0 saturated heterocycles. The summed E-state index contributed by atoms with van der Waals surface area (Å²) < 4.78 is 56.5. The molecule has 2 aromatic heterocycles. The van der Waals surface area contributed by atoms with E-state index in [1.165, 1.54) is 24.3 Å². The van der Waals surface area contributed by atoms with Gasteiger partial charge >= 0.3 is 6.18 Å². The molecule has 2 aromatic carbocycles. The molecule has 0 radical (unpaired) electrons. The summed E-state index contributed by atoms with van der Waals surface area (Å²) in [7, 11) is 0. The van der Waals surface area contributed by atoms with Crippen LogP contribution in [0.1, 0.15) is 58.7 Å². The molecule has 0 spiro atoms. The predicted molar refractivity (Wildman–Crippen MR) is 147 cm³/mol. The number of aliphatic hydroxyl groups is 1. The molecule has 1 amide bonds. The lowest BCUT2D eigenvalue weighted by atomic mass is 9.84. The van der Waals surface area contributed by atoms with E-state index in [4.69, 9.17) is 5.73 Å². The summed E-state index contributed by atoms with van der Waals surface area (Å²) in [4.78, 5) is 17.6. The topological polar surface area (TPSA) is 106 Å². The second-order valence-corrected chi connectivity index (χ2v) is 9.90. The van der Waals surface area contributed by atoms with Gasteiger partial charge in [-0.25, -0.2) is 9.07 Å². The van der Waals surface area contributed by atoms with Crippen molar-refractivity contribution in [3.63, 3.8) is 0 Å². The van der Waals surface area contributed by atoms with E-state index in [0.29, 0.717) is 35.2 Å². The highest BCUT2D eigenvalue weighted by Gasteiger charge is 2.38. The summed E-state index contributed by atoms with van der Waals surface area (Å²) in [6, 6.07) is 15.8. The molecular weight excluding hydrogens is 562 g/mol. The molecule has 4 aromatic rings. The number of pyridine rings is 1. The molecule has 1 fully saturated rings. The van der Waals surface area contributed by atoms with Gasteiger partial charge < -0.3 is 16.2 Å². The number of halogens is 5. The fraction of sp³-hybridized carbons (Fsp3) is 0.276. The number of anilines is 1. The zero-order valence-corrected chi connectivity index (χ0v) is 22.6. The van der Waals surface area contributed by atoms with E-state index in [9.17, 15) is 27.5 Å². The maximum Gasteiger partial charge on any atom is 0.435 e. The van der Waals surface area contributed by atoms with Crippen molar-refractivity contribution in [2.75, 3.05) is 5.32 Å². The molecule has 1 aliphatic rings.